The molecule has 0 bridgehead atoms. The van der Waals surface area contributed by atoms with Crippen LogP contribution in [0.15, 0.2) is 58.9 Å². The highest BCUT2D eigenvalue weighted by atomic mass is 32.2. The molecule has 0 saturated heterocycles. The maximum atomic E-state index is 12.4. The van der Waals surface area contributed by atoms with Crippen molar-refractivity contribution in [3.63, 3.8) is 0 Å². The van der Waals surface area contributed by atoms with Gasteiger partial charge in [0.25, 0.3) is 0 Å². The monoisotopic (exact) mass is 412 g/mol. The SMILES string of the molecule is CCC[C@@H](NC(=O)CSc1nnc(Nc2cccc(C)c2)s1)c1ccccc1. The zero-order valence-corrected chi connectivity index (χ0v) is 17.6. The zero-order valence-electron chi connectivity index (χ0n) is 16.0. The van der Waals surface area contributed by atoms with E-state index in [0.29, 0.717) is 5.75 Å². The Balaban J connectivity index is 1.52. The van der Waals surface area contributed by atoms with Crippen molar-refractivity contribution in [1.29, 1.82) is 0 Å². The number of benzene rings is 2. The summed E-state index contributed by atoms with van der Waals surface area (Å²) in [7, 11) is 0. The van der Waals surface area contributed by atoms with Crippen molar-refractivity contribution in [2.75, 3.05) is 11.1 Å². The van der Waals surface area contributed by atoms with E-state index in [1.165, 1.54) is 28.7 Å². The number of aromatic nitrogens is 2. The largest absolute Gasteiger partial charge is 0.349 e. The van der Waals surface area contributed by atoms with Crippen molar-refractivity contribution in [2.45, 2.75) is 37.1 Å². The molecule has 5 nitrogen and oxygen atoms in total. The standard InChI is InChI=1S/C21H24N4OS2/c1-3-8-18(16-10-5-4-6-11-16)23-19(26)14-27-21-25-24-20(28-21)22-17-12-7-9-15(2)13-17/h4-7,9-13,18H,3,8,14H2,1-2H3,(H,22,24)(H,23,26)/t18-/m1/s1. The molecule has 7 heteroatoms. The van der Waals surface area contributed by atoms with Gasteiger partial charge in [-0.2, -0.15) is 0 Å². The van der Waals surface area contributed by atoms with Gasteiger partial charge in [0.05, 0.1) is 11.8 Å². The molecule has 0 aliphatic heterocycles. The summed E-state index contributed by atoms with van der Waals surface area (Å²) in [6, 6.07) is 18.2. The highest BCUT2D eigenvalue weighted by molar-refractivity contribution is 8.01. The lowest BCUT2D eigenvalue weighted by atomic mass is 10.0. The average Bonchev–Trinajstić information content (AvgIpc) is 3.14. The van der Waals surface area contributed by atoms with Gasteiger partial charge in [0.2, 0.25) is 11.0 Å². The lowest BCUT2D eigenvalue weighted by molar-refractivity contribution is -0.119. The smallest absolute Gasteiger partial charge is 0.230 e. The Morgan fingerprint density at radius 3 is 2.71 bits per heavy atom. The van der Waals surface area contributed by atoms with Crippen LogP contribution in [0.2, 0.25) is 0 Å². The van der Waals surface area contributed by atoms with Crippen molar-refractivity contribution in [2.24, 2.45) is 0 Å². The molecule has 1 amide bonds. The van der Waals surface area contributed by atoms with Crippen LogP contribution >= 0.6 is 23.1 Å². The minimum Gasteiger partial charge on any atom is -0.349 e. The molecular formula is C21H24N4OS2. The first-order valence-corrected chi connectivity index (χ1v) is 11.1. The molecule has 0 aliphatic carbocycles. The van der Waals surface area contributed by atoms with Crippen LogP contribution < -0.4 is 10.6 Å². The number of rotatable bonds is 9. The minimum absolute atomic E-state index is 0.00990. The number of aryl methyl sites for hydroxylation is 1. The molecule has 2 aromatic carbocycles. The van der Waals surface area contributed by atoms with Gasteiger partial charge in [-0.05, 0) is 36.6 Å². The van der Waals surface area contributed by atoms with Crippen molar-refractivity contribution in [3.05, 3.63) is 65.7 Å². The molecule has 0 unspecified atom stereocenters. The van der Waals surface area contributed by atoms with Crippen LogP contribution in [0.25, 0.3) is 0 Å². The van der Waals surface area contributed by atoms with E-state index < -0.39 is 0 Å². The van der Waals surface area contributed by atoms with Gasteiger partial charge in [-0.25, -0.2) is 0 Å². The average molecular weight is 413 g/mol. The molecule has 1 heterocycles. The number of anilines is 2. The Labute approximate surface area is 174 Å². The first kappa shape index (κ1) is 20.4. The van der Waals surface area contributed by atoms with Crippen molar-refractivity contribution >= 4 is 39.8 Å². The van der Waals surface area contributed by atoms with Gasteiger partial charge in [0.1, 0.15) is 0 Å². The number of nitrogens with one attached hydrogen (secondary N) is 2. The number of hydrogen-bond acceptors (Lipinski definition) is 6. The van der Waals surface area contributed by atoms with Crippen LogP contribution in [-0.2, 0) is 4.79 Å². The van der Waals surface area contributed by atoms with E-state index in [0.717, 1.165) is 33.6 Å². The van der Waals surface area contributed by atoms with Gasteiger partial charge in [-0.1, -0.05) is 78.9 Å². The molecule has 0 radical (unpaired) electrons. The summed E-state index contributed by atoms with van der Waals surface area (Å²) in [6.45, 7) is 4.17. The van der Waals surface area contributed by atoms with Crippen LogP contribution in [0.5, 0.6) is 0 Å². The topological polar surface area (TPSA) is 66.9 Å². The molecule has 0 fully saturated rings. The number of carbonyl (C=O) groups is 1. The maximum absolute atomic E-state index is 12.4. The Hall–Kier alpha value is -2.38. The van der Waals surface area contributed by atoms with E-state index in [9.17, 15) is 4.79 Å². The fraction of sp³-hybridized carbons (Fsp3) is 0.286. The Kier molecular flexibility index (Phi) is 7.45. The number of thioether (sulfide) groups is 1. The normalized spacial score (nSPS) is 11.8. The van der Waals surface area contributed by atoms with Crippen LogP contribution in [-0.4, -0.2) is 21.9 Å². The van der Waals surface area contributed by atoms with E-state index in [4.69, 9.17) is 0 Å². The van der Waals surface area contributed by atoms with Crippen LogP contribution in [0.4, 0.5) is 10.8 Å². The third-order valence-electron chi connectivity index (χ3n) is 4.12. The van der Waals surface area contributed by atoms with Gasteiger partial charge >= 0.3 is 0 Å². The number of nitrogens with zero attached hydrogens (tertiary/aromatic N) is 2. The van der Waals surface area contributed by atoms with Crippen molar-refractivity contribution in [1.82, 2.24) is 15.5 Å². The Morgan fingerprint density at radius 1 is 1.14 bits per heavy atom. The minimum atomic E-state index is 0.00990. The molecule has 3 aromatic rings. The van der Waals surface area contributed by atoms with E-state index in [-0.39, 0.29) is 11.9 Å². The number of amides is 1. The second-order valence-corrected chi connectivity index (χ2v) is 8.68. The Bertz CT molecular complexity index is 898. The van der Waals surface area contributed by atoms with E-state index in [2.05, 4.69) is 46.0 Å². The molecule has 3 rings (SSSR count). The molecular weight excluding hydrogens is 388 g/mol. The predicted molar refractivity (Wildman–Crippen MR) is 117 cm³/mol. The highest BCUT2D eigenvalue weighted by Crippen LogP contribution is 2.28. The summed E-state index contributed by atoms with van der Waals surface area (Å²) in [5.74, 6) is 0.335. The summed E-state index contributed by atoms with van der Waals surface area (Å²) in [4.78, 5) is 12.4. The summed E-state index contributed by atoms with van der Waals surface area (Å²) < 4.78 is 0.775. The lowest BCUT2D eigenvalue weighted by Gasteiger charge is -2.18. The fourth-order valence-corrected chi connectivity index (χ4v) is 4.41. The quantitative estimate of drug-likeness (QED) is 0.464. The van der Waals surface area contributed by atoms with E-state index in [1.54, 1.807) is 0 Å². The zero-order chi connectivity index (χ0) is 19.8. The fourth-order valence-electron chi connectivity index (χ4n) is 2.82. The van der Waals surface area contributed by atoms with Gasteiger partial charge < -0.3 is 10.6 Å². The van der Waals surface area contributed by atoms with Crippen LogP contribution in [0, 0.1) is 6.92 Å². The maximum Gasteiger partial charge on any atom is 0.230 e. The molecule has 1 atom stereocenters. The summed E-state index contributed by atoms with van der Waals surface area (Å²) in [6.07, 6.45) is 1.93. The number of hydrogen-bond donors (Lipinski definition) is 2. The third kappa shape index (κ3) is 6.07. The van der Waals surface area contributed by atoms with Gasteiger partial charge in [0.15, 0.2) is 4.34 Å². The summed E-state index contributed by atoms with van der Waals surface area (Å²) >= 11 is 2.86. The van der Waals surface area contributed by atoms with E-state index >= 15 is 0 Å². The third-order valence-corrected chi connectivity index (χ3v) is 6.09. The molecule has 0 spiro atoms. The van der Waals surface area contributed by atoms with Gasteiger partial charge in [-0.3, -0.25) is 4.79 Å². The molecule has 0 aliphatic rings. The van der Waals surface area contributed by atoms with Crippen LogP contribution in [0.1, 0.15) is 36.9 Å². The molecule has 2 N–H and O–H groups in total. The van der Waals surface area contributed by atoms with Gasteiger partial charge in [0, 0.05) is 5.69 Å². The first-order chi connectivity index (χ1) is 13.6. The predicted octanol–water partition coefficient (Wildman–Crippen LogP) is 5.34. The Morgan fingerprint density at radius 2 is 1.96 bits per heavy atom. The van der Waals surface area contributed by atoms with Gasteiger partial charge in [-0.15, -0.1) is 10.2 Å². The second-order valence-electron chi connectivity index (χ2n) is 6.48. The summed E-state index contributed by atoms with van der Waals surface area (Å²) in [5.41, 5.74) is 3.31. The second kappa shape index (κ2) is 10.2. The highest BCUT2D eigenvalue weighted by Gasteiger charge is 2.15. The first-order valence-electron chi connectivity index (χ1n) is 9.28. The molecule has 1 aromatic heterocycles. The van der Waals surface area contributed by atoms with Crippen molar-refractivity contribution < 1.29 is 4.79 Å². The lowest BCUT2D eigenvalue weighted by Crippen LogP contribution is -2.29. The molecule has 28 heavy (non-hydrogen) atoms. The molecule has 0 saturated carbocycles. The van der Waals surface area contributed by atoms with E-state index in [1.807, 2.05) is 43.3 Å². The summed E-state index contributed by atoms with van der Waals surface area (Å²) in [5, 5.41) is 15.4. The van der Waals surface area contributed by atoms with Crippen LogP contribution in [0.3, 0.4) is 0 Å². The molecule has 146 valence electrons. The number of carbonyl (C=O) groups excluding carboxylic acids is 1. The van der Waals surface area contributed by atoms with Crippen molar-refractivity contribution in [3.8, 4) is 0 Å².